The summed E-state index contributed by atoms with van der Waals surface area (Å²) in [6.07, 6.45) is 1.04. The van der Waals surface area contributed by atoms with Gasteiger partial charge in [-0.25, -0.2) is 0 Å². The van der Waals surface area contributed by atoms with Gasteiger partial charge in [0, 0.05) is 4.83 Å². The zero-order chi connectivity index (χ0) is 12.4. The van der Waals surface area contributed by atoms with E-state index in [9.17, 15) is 0 Å². The highest BCUT2D eigenvalue weighted by molar-refractivity contribution is 9.09. The molecule has 1 aromatic heterocycles. The average Bonchev–Trinajstić information content (AvgIpc) is 2.91. The standard InChI is InChI=1S/C16H13BrS/c17-16(10-12-8-9-18-11-12)15-7-3-5-13-4-1-2-6-14(13)15/h1-9,11,16H,10H2. The number of thiophene rings is 1. The summed E-state index contributed by atoms with van der Waals surface area (Å²) in [7, 11) is 0. The molecule has 0 bridgehead atoms. The summed E-state index contributed by atoms with van der Waals surface area (Å²) < 4.78 is 0. The molecule has 1 heterocycles. The molecule has 0 saturated heterocycles. The molecule has 0 radical (unpaired) electrons. The minimum absolute atomic E-state index is 0.373. The fourth-order valence-corrected chi connectivity index (χ4v) is 3.70. The van der Waals surface area contributed by atoms with E-state index in [2.05, 4.69) is 75.2 Å². The number of halogens is 1. The molecule has 2 aromatic carbocycles. The molecule has 1 atom stereocenters. The maximum atomic E-state index is 3.83. The monoisotopic (exact) mass is 316 g/mol. The lowest BCUT2D eigenvalue weighted by Gasteiger charge is -2.12. The highest BCUT2D eigenvalue weighted by atomic mass is 79.9. The normalized spacial score (nSPS) is 12.7. The topological polar surface area (TPSA) is 0 Å². The van der Waals surface area contributed by atoms with Crippen LogP contribution >= 0.6 is 27.3 Å². The molecule has 2 heteroatoms. The van der Waals surface area contributed by atoms with Gasteiger partial charge in [-0.3, -0.25) is 0 Å². The third-order valence-electron chi connectivity index (χ3n) is 3.16. The third-order valence-corrected chi connectivity index (χ3v) is 4.70. The van der Waals surface area contributed by atoms with Crippen molar-refractivity contribution in [3.8, 4) is 0 Å². The number of hydrogen-bond acceptors (Lipinski definition) is 1. The first-order valence-electron chi connectivity index (χ1n) is 5.97. The molecule has 0 aliphatic rings. The molecule has 0 saturated carbocycles. The number of benzene rings is 2. The summed E-state index contributed by atoms with van der Waals surface area (Å²) in [5.74, 6) is 0. The van der Waals surface area contributed by atoms with Gasteiger partial charge in [-0.15, -0.1) is 0 Å². The van der Waals surface area contributed by atoms with Crippen molar-refractivity contribution < 1.29 is 0 Å². The summed E-state index contributed by atoms with van der Waals surface area (Å²) in [4.78, 5) is 0.373. The van der Waals surface area contributed by atoms with Crippen molar-refractivity contribution in [1.82, 2.24) is 0 Å². The van der Waals surface area contributed by atoms with Gasteiger partial charge in [0.1, 0.15) is 0 Å². The van der Waals surface area contributed by atoms with Crippen molar-refractivity contribution in [3.63, 3.8) is 0 Å². The molecule has 0 spiro atoms. The number of rotatable bonds is 3. The van der Waals surface area contributed by atoms with Gasteiger partial charge in [0.25, 0.3) is 0 Å². The largest absolute Gasteiger partial charge is 0.152 e. The van der Waals surface area contributed by atoms with E-state index in [1.807, 2.05) is 0 Å². The number of hydrogen-bond donors (Lipinski definition) is 0. The number of fused-ring (bicyclic) bond motifs is 1. The van der Waals surface area contributed by atoms with E-state index in [1.165, 1.54) is 21.9 Å². The minimum Gasteiger partial charge on any atom is -0.152 e. The smallest absolute Gasteiger partial charge is 0.0442 e. The lowest BCUT2D eigenvalue weighted by molar-refractivity contribution is 0.963. The van der Waals surface area contributed by atoms with Crippen LogP contribution in [0.3, 0.4) is 0 Å². The van der Waals surface area contributed by atoms with Gasteiger partial charge in [0.2, 0.25) is 0 Å². The Hall–Kier alpha value is -1.12. The van der Waals surface area contributed by atoms with Gasteiger partial charge in [-0.05, 0) is 45.1 Å². The summed E-state index contributed by atoms with van der Waals surface area (Å²) in [5.41, 5.74) is 2.77. The molecule has 1 unspecified atom stereocenters. The van der Waals surface area contributed by atoms with Crippen LogP contribution < -0.4 is 0 Å². The van der Waals surface area contributed by atoms with Gasteiger partial charge < -0.3 is 0 Å². The fourth-order valence-electron chi connectivity index (χ4n) is 2.25. The van der Waals surface area contributed by atoms with E-state index >= 15 is 0 Å². The van der Waals surface area contributed by atoms with Gasteiger partial charge in [-0.1, -0.05) is 58.4 Å². The molecule has 90 valence electrons. The Morgan fingerprint density at radius 3 is 2.67 bits per heavy atom. The molecule has 0 N–H and O–H groups in total. The van der Waals surface area contributed by atoms with Crippen LogP contribution in [0, 0.1) is 0 Å². The highest BCUT2D eigenvalue weighted by Crippen LogP contribution is 2.32. The predicted octanol–water partition coefficient (Wildman–Crippen LogP) is 5.58. The van der Waals surface area contributed by atoms with Crippen LogP contribution in [-0.2, 0) is 6.42 Å². The Morgan fingerprint density at radius 1 is 1.00 bits per heavy atom. The zero-order valence-corrected chi connectivity index (χ0v) is 12.2. The van der Waals surface area contributed by atoms with Crippen molar-refractivity contribution in [2.24, 2.45) is 0 Å². The minimum atomic E-state index is 0.373. The van der Waals surface area contributed by atoms with Crippen LogP contribution in [-0.4, -0.2) is 0 Å². The summed E-state index contributed by atoms with van der Waals surface area (Å²) >= 11 is 5.59. The Balaban J connectivity index is 1.98. The Kier molecular flexibility index (Phi) is 3.48. The Morgan fingerprint density at radius 2 is 1.83 bits per heavy atom. The first kappa shape index (κ1) is 11.9. The van der Waals surface area contributed by atoms with E-state index in [0.717, 1.165) is 6.42 Å². The highest BCUT2D eigenvalue weighted by Gasteiger charge is 2.11. The first-order valence-corrected chi connectivity index (χ1v) is 7.83. The van der Waals surface area contributed by atoms with Gasteiger partial charge in [0.05, 0.1) is 0 Å². The second kappa shape index (κ2) is 5.25. The molecule has 18 heavy (non-hydrogen) atoms. The Bertz CT molecular complexity index is 638. The van der Waals surface area contributed by atoms with Crippen molar-refractivity contribution in [2.45, 2.75) is 11.2 Å². The molecular weight excluding hydrogens is 304 g/mol. The van der Waals surface area contributed by atoms with Crippen LogP contribution in [0.15, 0.2) is 59.3 Å². The van der Waals surface area contributed by atoms with Crippen molar-refractivity contribution in [2.75, 3.05) is 0 Å². The summed E-state index contributed by atoms with van der Waals surface area (Å²) in [6, 6.07) is 17.3. The molecule has 0 nitrogen and oxygen atoms in total. The van der Waals surface area contributed by atoms with Crippen molar-refractivity contribution in [1.29, 1.82) is 0 Å². The first-order chi connectivity index (χ1) is 8.84. The number of alkyl halides is 1. The van der Waals surface area contributed by atoms with Gasteiger partial charge >= 0.3 is 0 Å². The second-order valence-corrected chi connectivity index (χ2v) is 6.26. The lowest BCUT2D eigenvalue weighted by atomic mass is 9.99. The van der Waals surface area contributed by atoms with Crippen LogP contribution in [0.25, 0.3) is 10.8 Å². The van der Waals surface area contributed by atoms with Crippen LogP contribution in [0.1, 0.15) is 16.0 Å². The van der Waals surface area contributed by atoms with Gasteiger partial charge in [-0.2, -0.15) is 11.3 Å². The van der Waals surface area contributed by atoms with Crippen molar-refractivity contribution >= 4 is 38.0 Å². The predicted molar refractivity (Wildman–Crippen MR) is 83.6 cm³/mol. The van der Waals surface area contributed by atoms with Crippen LogP contribution in [0.4, 0.5) is 0 Å². The molecule has 0 aliphatic heterocycles. The van der Waals surface area contributed by atoms with E-state index in [0.29, 0.717) is 4.83 Å². The molecule has 0 amide bonds. The van der Waals surface area contributed by atoms with E-state index in [4.69, 9.17) is 0 Å². The second-order valence-electron chi connectivity index (χ2n) is 4.37. The lowest BCUT2D eigenvalue weighted by Crippen LogP contribution is -1.95. The van der Waals surface area contributed by atoms with Crippen LogP contribution in [0.5, 0.6) is 0 Å². The fraction of sp³-hybridized carbons (Fsp3) is 0.125. The molecule has 0 aliphatic carbocycles. The van der Waals surface area contributed by atoms with Crippen LogP contribution in [0.2, 0.25) is 0 Å². The maximum absolute atomic E-state index is 3.83. The van der Waals surface area contributed by atoms with E-state index in [-0.39, 0.29) is 0 Å². The molecular formula is C16H13BrS. The molecule has 0 fully saturated rings. The van der Waals surface area contributed by atoms with E-state index < -0.39 is 0 Å². The average molecular weight is 317 g/mol. The molecule has 3 rings (SSSR count). The molecule has 3 aromatic rings. The summed E-state index contributed by atoms with van der Waals surface area (Å²) in [6.45, 7) is 0. The maximum Gasteiger partial charge on any atom is 0.0442 e. The zero-order valence-electron chi connectivity index (χ0n) is 9.84. The SMILES string of the molecule is BrC(Cc1ccsc1)c1cccc2ccccc12. The third kappa shape index (κ3) is 2.36. The Labute approximate surface area is 119 Å². The summed E-state index contributed by atoms with van der Waals surface area (Å²) in [5, 5.41) is 7.01. The van der Waals surface area contributed by atoms with Gasteiger partial charge in [0.15, 0.2) is 0 Å². The van der Waals surface area contributed by atoms with Crippen molar-refractivity contribution in [3.05, 3.63) is 70.4 Å². The quantitative estimate of drug-likeness (QED) is 0.553. The van der Waals surface area contributed by atoms with E-state index in [1.54, 1.807) is 11.3 Å².